The molecule has 0 unspecified atom stereocenters. The molecule has 6 rings (SSSR count). The van der Waals surface area contributed by atoms with E-state index in [1.54, 1.807) is 19.1 Å². The van der Waals surface area contributed by atoms with Crippen molar-refractivity contribution in [3.05, 3.63) is 125 Å². The van der Waals surface area contributed by atoms with Crippen LogP contribution in [-0.2, 0) is 4.79 Å². The van der Waals surface area contributed by atoms with Crippen molar-refractivity contribution in [2.75, 3.05) is 11.1 Å². The van der Waals surface area contributed by atoms with Crippen molar-refractivity contribution in [2.45, 2.75) is 11.9 Å². The highest BCUT2D eigenvalue weighted by atomic mass is 32.2. The Morgan fingerprint density at radius 3 is 2.31 bits per heavy atom. The van der Waals surface area contributed by atoms with E-state index in [1.165, 1.54) is 17.8 Å². The summed E-state index contributed by atoms with van der Waals surface area (Å²) in [5.41, 5.74) is 6.04. The number of nitro benzene ring substituents is 1. The van der Waals surface area contributed by atoms with E-state index in [4.69, 9.17) is 9.97 Å². The lowest BCUT2D eigenvalue weighted by Crippen LogP contribution is -2.15. The van der Waals surface area contributed by atoms with Crippen LogP contribution >= 0.6 is 11.8 Å². The number of carbonyl (C=O) groups is 1. The Morgan fingerprint density at radius 2 is 1.57 bits per heavy atom. The second-order valence-electron chi connectivity index (χ2n) is 9.62. The fraction of sp³-hybridized carbons (Fsp3) is 0.0606. The van der Waals surface area contributed by atoms with Crippen molar-refractivity contribution in [3.8, 4) is 33.9 Å². The van der Waals surface area contributed by atoms with Gasteiger partial charge in [-0.2, -0.15) is 0 Å². The average Bonchev–Trinajstić information content (AvgIpc) is 3.47. The van der Waals surface area contributed by atoms with Crippen LogP contribution < -0.4 is 5.32 Å². The summed E-state index contributed by atoms with van der Waals surface area (Å²) >= 11 is 1.29. The maximum atomic E-state index is 13.0. The second kappa shape index (κ2) is 11.7. The predicted molar refractivity (Wildman–Crippen MR) is 167 cm³/mol. The number of fused-ring (bicyclic) bond motifs is 1. The van der Waals surface area contributed by atoms with E-state index in [0.717, 1.165) is 39.0 Å². The first-order chi connectivity index (χ1) is 20.5. The minimum atomic E-state index is -0.457. The van der Waals surface area contributed by atoms with Gasteiger partial charge in [-0.3, -0.25) is 14.9 Å². The van der Waals surface area contributed by atoms with Gasteiger partial charge in [-0.05, 0) is 25.1 Å². The van der Waals surface area contributed by atoms with Crippen LogP contribution in [0, 0.1) is 17.0 Å². The van der Waals surface area contributed by atoms with Crippen molar-refractivity contribution in [1.29, 1.82) is 0 Å². The number of amides is 1. The van der Waals surface area contributed by atoms with Crippen LogP contribution in [0.25, 0.3) is 44.8 Å². The topological polar surface area (TPSA) is 114 Å². The number of pyridine rings is 1. The lowest BCUT2D eigenvalue weighted by Gasteiger charge is -2.11. The number of aromatic nitrogens is 3. The van der Waals surface area contributed by atoms with Crippen molar-refractivity contribution in [1.82, 2.24) is 15.0 Å². The van der Waals surface area contributed by atoms with E-state index in [-0.39, 0.29) is 17.3 Å². The van der Waals surface area contributed by atoms with Crippen molar-refractivity contribution < 1.29 is 9.72 Å². The smallest absolute Gasteiger partial charge is 0.274 e. The third-order valence-corrected chi connectivity index (χ3v) is 7.86. The van der Waals surface area contributed by atoms with E-state index in [2.05, 4.69) is 10.3 Å². The number of aromatic amines is 1. The zero-order valence-corrected chi connectivity index (χ0v) is 23.4. The number of nitrogens with one attached hydrogen (secondary N) is 2. The van der Waals surface area contributed by atoms with E-state index in [0.29, 0.717) is 22.1 Å². The quantitative estimate of drug-likeness (QED) is 0.109. The third kappa shape index (κ3) is 5.50. The molecule has 2 aromatic heterocycles. The van der Waals surface area contributed by atoms with Gasteiger partial charge < -0.3 is 10.3 Å². The monoisotopic (exact) mass is 571 g/mol. The molecule has 2 N–H and O–H groups in total. The maximum absolute atomic E-state index is 13.0. The molecule has 0 fully saturated rings. The first kappa shape index (κ1) is 26.9. The van der Waals surface area contributed by atoms with Gasteiger partial charge in [-0.1, -0.05) is 96.7 Å². The Morgan fingerprint density at radius 1 is 0.881 bits per heavy atom. The summed E-state index contributed by atoms with van der Waals surface area (Å²) in [6, 6.07) is 34.5. The number of hydrogen-bond donors (Lipinski definition) is 2. The summed E-state index contributed by atoms with van der Waals surface area (Å²) < 4.78 is 0. The highest BCUT2D eigenvalue weighted by Gasteiger charge is 2.20. The molecule has 1 amide bonds. The van der Waals surface area contributed by atoms with E-state index in [1.807, 2.05) is 91.0 Å². The predicted octanol–water partition coefficient (Wildman–Crippen LogP) is 7.91. The summed E-state index contributed by atoms with van der Waals surface area (Å²) in [5, 5.41) is 15.7. The Kier molecular flexibility index (Phi) is 7.49. The first-order valence-corrected chi connectivity index (χ1v) is 14.2. The van der Waals surface area contributed by atoms with Crippen LogP contribution in [-0.4, -0.2) is 31.5 Å². The highest BCUT2D eigenvalue weighted by Crippen LogP contribution is 2.37. The number of nitrogens with zero attached hydrogens (tertiary/aromatic N) is 3. The highest BCUT2D eigenvalue weighted by molar-refractivity contribution is 8.00. The van der Waals surface area contributed by atoms with Crippen LogP contribution in [0.1, 0.15) is 5.56 Å². The summed E-state index contributed by atoms with van der Waals surface area (Å²) in [6.45, 7) is 1.62. The number of benzene rings is 4. The number of rotatable bonds is 8. The van der Waals surface area contributed by atoms with Gasteiger partial charge in [-0.25, -0.2) is 9.97 Å². The SMILES string of the molecule is Cc1c(NC(=O)CSc2nc3ccccc3cc2-c2nc(-c3ccccc3)c(-c3ccccc3)[nH]2)cccc1[N+](=O)[O-]. The molecule has 0 spiro atoms. The molecule has 0 aliphatic carbocycles. The van der Waals surface area contributed by atoms with Crippen molar-refractivity contribution in [2.24, 2.45) is 0 Å². The number of nitro groups is 1. The summed E-state index contributed by atoms with van der Waals surface area (Å²) in [4.78, 5) is 37.4. The molecule has 0 radical (unpaired) electrons. The van der Waals surface area contributed by atoms with Crippen molar-refractivity contribution >= 4 is 39.9 Å². The summed E-state index contributed by atoms with van der Waals surface area (Å²) in [7, 11) is 0. The van der Waals surface area contributed by atoms with Crippen molar-refractivity contribution in [3.63, 3.8) is 0 Å². The maximum Gasteiger partial charge on any atom is 0.274 e. The van der Waals surface area contributed by atoms with Gasteiger partial charge in [0, 0.05) is 22.6 Å². The Bertz CT molecular complexity index is 1870. The minimum absolute atomic E-state index is 0.0415. The molecular formula is C33H25N5O3S. The largest absolute Gasteiger partial charge is 0.337 e. The number of imidazole rings is 1. The number of thioether (sulfide) groups is 1. The number of hydrogen-bond acceptors (Lipinski definition) is 6. The zero-order valence-electron chi connectivity index (χ0n) is 22.6. The van der Waals surface area contributed by atoms with Gasteiger partial charge in [0.05, 0.1) is 44.4 Å². The lowest BCUT2D eigenvalue weighted by molar-refractivity contribution is -0.385. The molecule has 6 aromatic rings. The van der Waals surface area contributed by atoms with Gasteiger partial charge >= 0.3 is 0 Å². The molecule has 0 aliphatic rings. The van der Waals surface area contributed by atoms with Gasteiger partial charge in [0.1, 0.15) is 10.9 Å². The number of H-pyrrole nitrogens is 1. The first-order valence-electron chi connectivity index (χ1n) is 13.3. The molecule has 0 bridgehead atoms. The Hall–Kier alpha value is -5.28. The molecule has 4 aromatic carbocycles. The molecule has 2 heterocycles. The number of carbonyl (C=O) groups excluding carboxylic acids is 1. The second-order valence-corrected chi connectivity index (χ2v) is 10.6. The van der Waals surface area contributed by atoms with E-state index >= 15 is 0 Å². The van der Waals surface area contributed by atoms with E-state index < -0.39 is 4.92 Å². The van der Waals surface area contributed by atoms with E-state index in [9.17, 15) is 14.9 Å². The summed E-state index contributed by atoms with van der Waals surface area (Å²) in [5.74, 6) is 0.403. The zero-order chi connectivity index (χ0) is 29.1. The molecule has 8 nitrogen and oxygen atoms in total. The fourth-order valence-electron chi connectivity index (χ4n) is 4.77. The minimum Gasteiger partial charge on any atom is -0.337 e. The van der Waals surface area contributed by atoms with Crippen LogP contribution in [0.2, 0.25) is 0 Å². The van der Waals surface area contributed by atoms with Gasteiger partial charge in [-0.15, -0.1) is 0 Å². The third-order valence-electron chi connectivity index (χ3n) is 6.87. The van der Waals surface area contributed by atoms with Gasteiger partial charge in [0.25, 0.3) is 5.69 Å². The molecule has 0 atom stereocenters. The molecule has 9 heteroatoms. The van der Waals surface area contributed by atoms with Gasteiger partial charge in [0.2, 0.25) is 5.91 Å². The van der Waals surface area contributed by atoms with Crippen LogP contribution in [0.5, 0.6) is 0 Å². The standard InChI is InChI=1S/C33H25N5O3S/c1-21-26(17-10-18-28(21)38(40)41)34-29(39)20-42-33-25(19-24-15-8-9-16-27(24)35-33)32-36-30(22-11-4-2-5-12-22)31(37-32)23-13-6-3-7-14-23/h2-19H,20H2,1H3,(H,34,39)(H,36,37). The Balaban J connectivity index is 1.37. The van der Waals surface area contributed by atoms with Crippen LogP contribution in [0.4, 0.5) is 11.4 Å². The molecule has 0 saturated carbocycles. The normalized spacial score (nSPS) is 11.0. The molecule has 0 saturated heterocycles. The van der Waals surface area contributed by atoms with Gasteiger partial charge in [0.15, 0.2) is 0 Å². The molecule has 42 heavy (non-hydrogen) atoms. The summed E-state index contributed by atoms with van der Waals surface area (Å²) in [6.07, 6.45) is 0. The Labute approximate surface area is 246 Å². The number of anilines is 1. The van der Waals surface area contributed by atoms with Crippen LogP contribution in [0.3, 0.4) is 0 Å². The average molecular weight is 572 g/mol. The van der Waals surface area contributed by atoms with Crippen LogP contribution in [0.15, 0.2) is 114 Å². The molecular weight excluding hydrogens is 546 g/mol. The lowest BCUT2D eigenvalue weighted by atomic mass is 10.1. The number of para-hydroxylation sites is 1. The molecule has 206 valence electrons. The molecule has 0 aliphatic heterocycles. The fourth-order valence-corrected chi connectivity index (χ4v) is 5.59.